The lowest BCUT2D eigenvalue weighted by atomic mass is 9.93. The number of benzene rings is 1. The van der Waals surface area contributed by atoms with Gasteiger partial charge in [-0.1, -0.05) is 23.4 Å². The normalized spacial score (nSPS) is 14.2. The van der Waals surface area contributed by atoms with Crippen LogP contribution in [0.15, 0.2) is 53.4 Å². The van der Waals surface area contributed by atoms with E-state index in [0.29, 0.717) is 42.2 Å². The molecule has 3 aromatic heterocycles. The van der Waals surface area contributed by atoms with E-state index in [2.05, 4.69) is 20.2 Å². The van der Waals surface area contributed by atoms with Crippen LogP contribution in [-0.4, -0.2) is 51.1 Å². The van der Waals surface area contributed by atoms with Crippen LogP contribution in [0, 0.1) is 17.6 Å². The van der Waals surface area contributed by atoms with Gasteiger partial charge in [-0.15, -0.1) is 0 Å². The van der Waals surface area contributed by atoms with E-state index in [4.69, 9.17) is 9.26 Å². The van der Waals surface area contributed by atoms with Crippen LogP contribution in [0.1, 0.15) is 24.8 Å². The van der Waals surface area contributed by atoms with Gasteiger partial charge in [-0.05, 0) is 30.9 Å². The van der Waals surface area contributed by atoms with Crippen molar-refractivity contribution in [2.75, 3.05) is 25.1 Å². The van der Waals surface area contributed by atoms with Crippen molar-refractivity contribution in [2.24, 2.45) is 5.92 Å². The summed E-state index contributed by atoms with van der Waals surface area (Å²) in [6.07, 6.45) is 4.37. The minimum atomic E-state index is -0.535. The maximum absolute atomic E-state index is 14.7. The summed E-state index contributed by atoms with van der Waals surface area (Å²) in [5.74, 6) is -0.512. The number of hydrogen-bond donors (Lipinski definition) is 0. The summed E-state index contributed by atoms with van der Waals surface area (Å²) >= 11 is 0. The lowest BCUT2D eigenvalue weighted by Gasteiger charge is -2.32. The van der Waals surface area contributed by atoms with Crippen LogP contribution in [0.2, 0.25) is 0 Å². The van der Waals surface area contributed by atoms with Gasteiger partial charge in [0, 0.05) is 31.1 Å². The molecule has 0 bridgehead atoms. The van der Waals surface area contributed by atoms with Gasteiger partial charge in [0.1, 0.15) is 23.5 Å². The number of hydrogen-bond acceptors (Lipinski definition) is 8. The number of anilines is 1. The van der Waals surface area contributed by atoms with Gasteiger partial charge in [-0.25, -0.2) is 18.7 Å². The first-order chi connectivity index (χ1) is 17.5. The molecule has 186 valence electrons. The van der Waals surface area contributed by atoms with Gasteiger partial charge >= 0.3 is 5.97 Å². The third kappa shape index (κ3) is 4.95. The molecule has 4 heterocycles. The SMILES string of the molecule is COC(=O)CC1CCN(c2nc(-c3cc(-c4ccon4)n(Cc4ccccc4F)n3)ncc2F)CC1. The average molecular weight is 495 g/mol. The van der Waals surface area contributed by atoms with Crippen LogP contribution < -0.4 is 4.90 Å². The number of carbonyl (C=O) groups is 1. The molecule has 1 fully saturated rings. The molecule has 5 rings (SSSR count). The van der Waals surface area contributed by atoms with Crippen molar-refractivity contribution in [1.29, 1.82) is 0 Å². The molecule has 1 aromatic carbocycles. The number of aromatic nitrogens is 5. The summed E-state index contributed by atoms with van der Waals surface area (Å²) in [6.45, 7) is 1.26. The van der Waals surface area contributed by atoms with Crippen LogP contribution in [0.3, 0.4) is 0 Å². The minimum Gasteiger partial charge on any atom is -0.469 e. The Bertz CT molecular complexity index is 1350. The topological polar surface area (TPSA) is 99.2 Å². The lowest BCUT2D eigenvalue weighted by Crippen LogP contribution is -2.35. The molecule has 9 nitrogen and oxygen atoms in total. The number of methoxy groups -OCH3 is 1. The molecule has 0 atom stereocenters. The molecule has 0 amide bonds. The van der Waals surface area contributed by atoms with Crippen molar-refractivity contribution in [3.63, 3.8) is 0 Å². The van der Waals surface area contributed by atoms with Crippen molar-refractivity contribution < 1.29 is 22.8 Å². The lowest BCUT2D eigenvalue weighted by molar-refractivity contribution is -0.141. The second kappa shape index (κ2) is 10.2. The smallest absolute Gasteiger partial charge is 0.305 e. The van der Waals surface area contributed by atoms with Crippen LogP contribution in [0.5, 0.6) is 0 Å². The first-order valence-corrected chi connectivity index (χ1v) is 11.6. The molecule has 1 aliphatic heterocycles. The molecule has 0 saturated carbocycles. The first-order valence-electron chi connectivity index (χ1n) is 11.6. The predicted molar refractivity (Wildman–Crippen MR) is 126 cm³/mol. The summed E-state index contributed by atoms with van der Waals surface area (Å²) < 4.78 is 40.4. The number of esters is 1. The van der Waals surface area contributed by atoms with E-state index < -0.39 is 5.82 Å². The highest BCUT2D eigenvalue weighted by Crippen LogP contribution is 2.29. The molecule has 1 saturated heterocycles. The number of ether oxygens (including phenoxy) is 1. The van der Waals surface area contributed by atoms with Gasteiger partial charge < -0.3 is 14.2 Å². The van der Waals surface area contributed by atoms with E-state index in [1.807, 2.05) is 4.90 Å². The van der Waals surface area contributed by atoms with Gasteiger partial charge in [0.25, 0.3) is 0 Å². The van der Waals surface area contributed by atoms with Crippen LogP contribution in [0.4, 0.5) is 14.6 Å². The Morgan fingerprint density at radius 2 is 1.94 bits per heavy atom. The molecule has 36 heavy (non-hydrogen) atoms. The molecule has 1 aliphatic rings. The quantitative estimate of drug-likeness (QED) is 0.354. The zero-order valence-corrected chi connectivity index (χ0v) is 19.6. The highest BCUT2D eigenvalue weighted by Gasteiger charge is 2.25. The van der Waals surface area contributed by atoms with E-state index in [9.17, 15) is 13.6 Å². The zero-order valence-electron chi connectivity index (χ0n) is 19.6. The van der Waals surface area contributed by atoms with E-state index in [1.165, 1.54) is 19.4 Å². The van der Waals surface area contributed by atoms with Crippen LogP contribution >= 0.6 is 0 Å². The number of halogens is 2. The Morgan fingerprint density at radius 1 is 1.14 bits per heavy atom. The standard InChI is InChI=1S/C25H24F2N6O3/c1-35-23(34)12-16-6-9-32(10-7-16)25-19(27)14-28-24(29-25)21-13-22(20-8-11-36-31-20)33(30-21)15-17-4-2-3-5-18(17)26/h2-5,8,11,13-14,16H,6-7,9-10,12,15H2,1H3. The summed E-state index contributed by atoms with van der Waals surface area (Å²) in [4.78, 5) is 22.1. The zero-order chi connectivity index (χ0) is 25.1. The predicted octanol–water partition coefficient (Wildman–Crippen LogP) is 4.10. The highest BCUT2D eigenvalue weighted by molar-refractivity contribution is 5.69. The third-order valence-electron chi connectivity index (χ3n) is 6.31. The van der Waals surface area contributed by atoms with Gasteiger partial charge in [0.05, 0.1) is 25.5 Å². The number of rotatable bonds is 7. The second-order valence-electron chi connectivity index (χ2n) is 8.62. The fourth-order valence-electron chi connectivity index (χ4n) is 4.36. The van der Waals surface area contributed by atoms with E-state index in [-0.39, 0.29) is 35.9 Å². The number of carbonyl (C=O) groups excluding carboxylic acids is 1. The Kier molecular flexibility index (Phi) is 6.70. The Hall–Kier alpha value is -4.15. The molecular formula is C25H24F2N6O3. The van der Waals surface area contributed by atoms with Crippen LogP contribution in [-0.2, 0) is 16.1 Å². The monoisotopic (exact) mass is 494 g/mol. The van der Waals surface area contributed by atoms with Gasteiger partial charge in [-0.2, -0.15) is 5.10 Å². The van der Waals surface area contributed by atoms with E-state index in [1.54, 1.807) is 35.0 Å². The molecule has 0 aliphatic carbocycles. The van der Waals surface area contributed by atoms with Crippen molar-refractivity contribution in [2.45, 2.75) is 25.8 Å². The Balaban J connectivity index is 1.42. The molecule has 0 radical (unpaired) electrons. The fraction of sp³-hybridized carbons (Fsp3) is 0.320. The van der Waals surface area contributed by atoms with Crippen molar-refractivity contribution in [1.82, 2.24) is 24.9 Å². The maximum atomic E-state index is 14.7. The second-order valence-corrected chi connectivity index (χ2v) is 8.62. The average Bonchev–Trinajstić information content (AvgIpc) is 3.56. The Labute approximate surface area is 205 Å². The first kappa shape index (κ1) is 23.6. The van der Waals surface area contributed by atoms with E-state index in [0.717, 1.165) is 19.0 Å². The fourth-order valence-corrected chi connectivity index (χ4v) is 4.36. The Morgan fingerprint density at radius 3 is 2.67 bits per heavy atom. The van der Waals surface area contributed by atoms with E-state index >= 15 is 0 Å². The summed E-state index contributed by atoms with van der Waals surface area (Å²) in [5, 5.41) is 8.58. The highest BCUT2D eigenvalue weighted by atomic mass is 19.1. The molecule has 0 unspecified atom stereocenters. The largest absolute Gasteiger partial charge is 0.469 e. The third-order valence-corrected chi connectivity index (χ3v) is 6.31. The van der Waals surface area contributed by atoms with Gasteiger partial charge in [0.15, 0.2) is 17.5 Å². The summed E-state index contributed by atoms with van der Waals surface area (Å²) in [6, 6.07) is 9.84. The summed E-state index contributed by atoms with van der Waals surface area (Å²) in [7, 11) is 1.38. The number of nitrogens with zero attached hydrogens (tertiary/aromatic N) is 6. The molecule has 4 aromatic rings. The summed E-state index contributed by atoms with van der Waals surface area (Å²) in [5.41, 5.74) is 1.94. The minimum absolute atomic E-state index is 0.149. The van der Waals surface area contributed by atoms with Crippen LogP contribution in [0.25, 0.3) is 22.9 Å². The molecular weight excluding hydrogens is 470 g/mol. The number of piperidine rings is 1. The van der Waals surface area contributed by atoms with Crippen molar-refractivity contribution in [3.8, 4) is 22.9 Å². The van der Waals surface area contributed by atoms with Gasteiger partial charge in [-0.3, -0.25) is 9.48 Å². The maximum Gasteiger partial charge on any atom is 0.305 e. The molecule has 11 heteroatoms. The van der Waals surface area contributed by atoms with Crippen molar-refractivity contribution in [3.05, 3.63) is 66.1 Å². The molecule has 0 N–H and O–H groups in total. The molecule has 0 spiro atoms. The van der Waals surface area contributed by atoms with Crippen molar-refractivity contribution >= 4 is 11.8 Å². The van der Waals surface area contributed by atoms with Gasteiger partial charge in [0.2, 0.25) is 0 Å².